The maximum Gasteiger partial charge on any atom is -1.00 e. The fourth-order valence-corrected chi connectivity index (χ4v) is 25.7. The zero-order valence-electron chi connectivity index (χ0n) is 16.9. The maximum absolute atomic E-state index is 2.61. The Labute approximate surface area is 190 Å². The van der Waals surface area contributed by atoms with Crippen LogP contribution in [0.5, 0.6) is 0 Å². The van der Waals surface area contributed by atoms with Gasteiger partial charge in [0.05, 0.1) is 0 Å². The molecule has 0 amide bonds. The Morgan fingerprint density at radius 1 is 0.857 bits per heavy atom. The van der Waals surface area contributed by atoms with Crippen LogP contribution in [0.3, 0.4) is 0 Å². The maximum atomic E-state index is 2.61. The molecular formula is C24H27Cl2SiZr. The summed E-state index contributed by atoms with van der Waals surface area (Å²) < 4.78 is 1.48. The average molecular weight is 506 g/mol. The number of fused-ring (bicyclic) bond motifs is 1. The Hall–Kier alpha value is -0.660. The SMILES string of the molecule is Cc1cc(C)cc(C2=Cc3ccccc3[CH]2[Zr+2]([CH]2C=CC=C2)[SiH](C)C)c1.[Cl-].[Cl-]. The molecule has 1 atom stereocenters. The summed E-state index contributed by atoms with van der Waals surface area (Å²) in [5, 5.41) is 0. The number of halogens is 2. The number of hydrogen-bond donors (Lipinski definition) is 0. The van der Waals surface area contributed by atoms with Crippen LogP contribution in [-0.4, -0.2) is 5.92 Å². The first-order chi connectivity index (χ1) is 12.5. The summed E-state index contributed by atoms with van der Waals surface area (Å²) in [6.45, 7) is 9.67. The van der Waals surface area contributed by atoms with Gasteiger partial charge < -0.3 is 24.8 Å². The van der Waals surface area contributed by atoms with Gasteiger partial charge in [-0.05, 0) is 0 Å². The van der Waals surface area contributed by atoms with Gasteiger partial charge in [0.15, 0.2) is 0 Å². The zero-order chi connectivity index (χ0) is 18.3. The van der Waals surface area contributed by atoms with Gasteiger partial charge in [0.1, 0.15) is 0 Å². The minimum absolute atomic E-state index is 0. The van der Waals surface area contributed by atoms with Crippen molar-refractivity contribution < 1.29 is 45.7 Å². The van der Waals surface area contributed by atoms with Crippen LogP contribution in [0, 0.1) is 13.8 Å². The van der Waals surface area contributed by atoms with Gasteiger partial charge in [-0.3, -0.25) is 0 Å². The van der Waals surface area contributed by atoms with E-state index in [1.165, 1.54) is 22.3 Å². The molecule has 0 N–H and O–H groups in total. The van der Waals surface area contributed by atoms with Crippen molar-refractivity contribution in [1.29, 1.82) is 0 Å². The number of hydrogen-bond acceptors (Lipinski definition) is 0. The first-order valence-corrected chi connectivity index (χ1v) is 19.6. The molecule has 0 saturated heterocycles. The molecule has 28 heavy (non-hydrogen) atoms. The second-order valence-electron chi connectivity index (χ2n) is 7.99. The van der Waals surface area contributed by atoms with Crippen molar-refractivity contribution in [1.82, 2.24) is 0 Å². The van der Waals surface area contributed by atoms with Gasteiger partial charge in [0.25, 0.3) is 0 Å². The number of aryl methyl sites for hydroxylation is 2. The van der Waals surface area contributed by atoms with E-state index in [2.05, 4.69) is 99.8 Å². The van der Waals surface area contributed by atoms with Crippen molar-refractivity contribution in [2.45, 2.75) is 34.2 Å². The fourth-order valence-electron chi connectivity index (χ4n) is 4.64. The van der Waals surface area contributed by atoms with Crippen LogP contribution in [0.2, 0.25) is 16.7 Å². The summed E-state index contributed by atoms with van der Waals surface area (Å²) in [5.74, 6) is -0.684. The molecule has 2 aliphatic rings. The topological polar surface area (TPSA) is 0 Å². The van der Waals surface area contributed by atoms with E-state index in [1.807, 2.05) is 0 Å². The average Bonchev–Trinajstić information content (AvgIpc) is 3.23. The predicted molar refractivity (Wildman–Crippen MR) is 114 cm³/mol. The van der Waals surface area contributed by atoms with E-state index in [9.17, 15) is 0 Å². The van der Waals surface area contributed by atoms with Gasteiger partial charge in [-0.15, -0.1) is 0 Å². The van der Waals surface area contributed by atoms with E-state index in [-0.39, 0.29) is 24.8 Å². The molecule has 0 bridgehead atoms. The van der Waals surface area contributed by atoms with E-state index in [0.717, 1.165) is 3.63 Å². The molecule has 0 radical (unpaired) electrons. The first kappa shape index (κ1) is 23.6. The molecule has 0 heterocycles. The monoisotopic (exact) mass is 503 g/mol. The second kappa shape index (κ2) is 9.90. The Morgan fingerprint density at radius 3 is 2.07 bits per heavy atom. The van der Waals surface area contributed by atoms with Gasteiger partial charge in [-0.2, -0.15) is 0 Å². The van der Waals surface area contributed by atoms with Crippen molar-refractivity contribution in [2.24, 2.45) is 0 Å². The van der Waals surface area contributed by atoms with E-state index in [0.29, 0.717) is 3.63 Å². The van der Waals surface area contributed by atoms with Crippen molar-refractivity contribution in [3.05, 3.63) is 94.6 Å². The van der Waals surface area contributed by atoms with E-state index >= 15 is 0 Å². The molecule has 0 nitrogen and oxygen atoms in total. The summed E-state index contributed by atoms with van der Waals surface area (Å²) in [6, 6.07) is 16.3. The minimum Gasteiger partial charge on any atom is -1.00 e. The predicted octanol–water partition coefficient (Wildman–Crippen LogP) is 0.423. The van der Waals surface area contributed by atoms with E-state index in [1.54, 1.807) is 11.1 Å². The summed E-state index contributed by atoms with van der Waals surface area (Å²) >= 11 is -1.73. The molecular weight excluding hydrogens is 478 g/mol. The van der Waals surface area contributed by atoms with Crippen molar-refractivity contribution >= 4 is 17.6 Å². The Balaban J connectivity index is 0.00000140. The largest absolute Gasteiger partial charge is 1.00 e. The fraction of sp³-hybridized carbons (Fsp3) is 0.250. The molecule has 2 aromatic rings. The molecule has 2 aliphatic carbocycles. The molecule has 1 unspecified atom stereocenters. The van der Waals surface area contributed by atoms with Gasteiger partial charge in [0, 0.05) is 0 Å². The normalized spacial score (nSPS) is 17.2. The van der Waals surface area contributed by atoms with Crippen LogP contribution in [0.25, 0.3) is 11.6 Å². The molecule has 4 rings (SSSR count). The molecule has 0 spiro atoms. The van der Waals surface area contributed by atoms with Crippen molar-refractivity contribution in [2.75, 3.05) is 0 Å². The second-order valence-corrected chi connectivity index (χ2v) is 28.3. The van der Waals surface area contributed by atoms with Crippen molar-refractivity contribution in [3.63, 3.8) is 0 Å². The number of allylic oxidation sites excluding steroid dienone is 5. The van der Waals surface area contributed by atoms with Crippen molar-refractivity contribution in [3.8, 4) is 0 Å². The molecule has 145 valence electrons. The first-order valence-electron chi connectivity index (χ1n) is 9.65. The van der Waals surface area contributed by atoms with Crippen LogP contribution >= 0.6 is 0 Å². The third-order valence-electron chi connectivity index (χ3n) is 5.62. The quantitative estimate of drug-likeness (QED) is 0.529. The third-order valence-corrected chi connectivity index (χ3v) is 27.0. The van der Waals surface area contributed by atoms with Crippen LogP contribution in [0.4, 0.5) is 0 Å². The van der Waals surface area contributed by atoms with Crippen LogP contribution < -0.4 is 24.8 Å². The molecule has 0 fully saturated rings. The summed E-state index contributed by atoms with van der Waals surface area (Å²) in [6.07, 6.45) is 12.1. The standard InChI is InChI=1S/C17H15.C5H5.C2H7Si.2ClH.Zr/c1-12-7-13(2)9-16(8-12)17-10-14-5-3-4-6-15(14)11-17;1-2-4-5-3-1;1-3-2;;;/h3-11H,1-2H3;1-5H;3H,1-2H3;2*1H;/q;;;;;+2/p-2. The Morgan fingerprint density at radius 2 is 1.46 bits per heavy atom. The van der Waals surface area contributed by atoms with Gasteiger partial charge in [-0.1, -0.05) is 0 Å². The van der Waals surface area contributed by atoms with Gasteiger partial charge in [-0.25, -0.2) is 0 Å². The number of rotatable bonds is 4. The summed E-state index contributed by atoms with van der Waals surface area (Å²) in [5.41, 5.74) is 8.91. The molecule has 4 heteroatoms. The van der Waals surface area contributed by atoms with Crippen LogP contribution in [-0.2, 0) is 20.9 Å². The smallest absolute Gasteiger partial charge is 1.00 e. The Bertz CT molecular complexity index is 898. The molecule has 0 aliphatic heterocycles. The molecule has 2 aromatic carbocycles. The summed E-state index contributed by atoms with van der Waals surface area (Å²) in [4.78, 5) is 0. The zero-order valence-corrected chi connectivity index (χ0v) is 22.0. The minimum atomic E-state index is -1.73. The summed E-state index contributed by atoms with van der Waals surface area (Å²) in [7, 11) is 0. The van der Waals surface area contributed by atoms with Gasteiger partial charge in [0.2, 0.25) is 0 Å². The molecule has 0 aromatic heterocycles. The van der Waals surface area contributed by atoms with Crippen LogP contribution in [0.15, 0.2) is 66.8 Å². The third kappa shape index (κ3) is 4.57. The van der Waals surface area contributed by atoms with Crippen LogP contribution in [0.1, 0.15) is 31.4 Å². The van der Waals surface area contributed by atoms with E-state index in [4.69, 9.17) is 0 Å². The number of benzene rings is 2. The van der Waals surface area contributed by atoms with E-state index < -0.39 is 26.8 Å². The Kier molecular flexibility index (Phi) is 8.35. The van der Waals surface area contributed by atoms with Gasteiger partial charge >= 0.3 is 167 Å². The molecule has 0 saturated carbocycles.